The Kier molecular flexibility index (Phi) is 4.07. The van der Waals surface area contributed by atoms with E-state index >= 15 is 0 Å². The molecular formula is C18H16ClNO. The minimum atomic E-state index is 0.354. The van der Waals surface area contributed by atoms with Crippen LogP contribution in [0.15, 0.2) is 54.6 Å². The number of ether oxygens (including phenoxy) is 1. The van der Waals surface area contributed by atoms with Gasteiger partial charge in [0.25, 0.3) is 0 Å². The maximum Gasteiger partial charge on any atom is 0.142 e. The molecule has 3 heteroatoms. The normalized spacial score (nSPS) is 10.8. The molecule has 2 aromatic carbocycles. The summed E-state index contributed by atoms with van der Waals surface area (Å²) in [4.78, 5) is 4.41. The van der Waals surface area contributed by atoms with E-state index in [0.717, 1.165) is 22.7 Å². The highest BCUT2D eigenvalue weighted by molar-refractivity contribution is 6.17. The predicted molar refractivity (Wildman–Crippen MR) is 86.8 cm³/mol. The topological polar surface area (TPSA) is 22.1 Å². The zero-order valence-corrected chi connectivity index (χ0v) is 12.6. The second kappa shape index (κ2) is 6.15. The van der Waals surface area contributed by atoms with Crippen molar-refractivity contribution >= 4 is 22.4 Å². The Morgan fingerprint density at radius 1 is 1.00 bits per heavy atom. The van der Waals surface area contributed by atoms with E-state index in [2.05, 4.69) is 35.3 Å². The van der Waals surface area contributed by atoms with E-state index in [4.69, 9.17) is 16.3 Å². The van der Waals surface area contributed by atoms with E-state index < -0.39 is 0 Å². The van der Waals surface area contributed by atoms with Gasteiger partial charge in [-0.05, 0) is 35.4 Å². The van der Waals surface area contributed by atoms with E-state index in [9.17, 15) is 0 Å². The van der Waals surface area contributed by atoms with Crippen molar-refractivity contribution in [1.29, 1.82) is 0 Å². The van der Waals surface area contributed by atoms with Crippen LogP contribution in [-0.4, -0.2) is 4.98 Å². The van der Waals surface area contributed by atoms with Crippen molar-refractivity contribution < 1.29 is 4.74 Å². The summed E-state index contributed by atoms with van der Waals surface area (Å²) in [5, 5.41) is 2.44. The molecule has 1 heterocycles. The van der Waals surface area contributed by atoms with Gasteiger partial charge in [0.05, 0.1) is 11.6 Å². The van der Waals surface area contributed by atoms with E-state index in [1.165, 1.54) is 10.8 Å². The molecule has 0 spiro atoms. The van der Waals surface area contributed by atoms with E-state index in [-0.39, 0.29) is 0 Å². The number of alkyl halides is 1. The third-order valence-electron chi connectivity index (χ3n) is 3.46. The summed E-state index contributed by atoms with van der Waals surface area (Å²) in [5.41, 5.74) is 2.90. The van der Waals surface area contributed by atoms with Gasteiger partial charge < -0.3 is 4.74 Å². The van der Waals surface area contributed by atoms with Gasteiger partial charge in [-0.2, -0.15) is 0 Å². The van der Waals surface area contributed by atoms with Crippen LogP contribution >= 0.6 is 11.6 Å². The van der Waals surface area contributed by atoms with Gasteiger partial charge in [-0.25, -0.2) is 0 Å². The fourth-order valence-electron chi connectivity index (χ4n) is 2.40. The van der Waals surface area contributed by atoms with Crippen molar-refractivity contribution in [1.82, 2.24) is 4.98 Å². The summed E-state index contributed by atoms with van der Waals surface area (Å²) in [6.45, 7) is 2.46. The molecule has 0 unspecified atom stereocenters. The minimum Gasteiger partial charge on any atom is -0.487 e. The molecule has 106 valence electrons. The second-order valence-electron chi connectivity index (χ2n) is 4.96. The van der Waals surface area contributed by atoms with Crippen LogP contribution in [-0.2, 0) is 12.5 Å². The third-order valence-corrected chi connectivity index (χ3v) is 3.71. The highest BCUT2D eigenvalue weighted by atomic mass is 35.5. The number of rotatable bonds is 4. The monoisotopic (exact) mass is 297 g/mol. The van der Waals surface area contributed by atoms with E-state index in [1.807, 2.05) is 31.2 Å². The average Bonchev–Trinajstić information content (AvgIpc) is 2.53. The van der Waals surface area contributed by atoms with Gasteiger partial charge in [-0.1, -0.05) is 42.5 Å². The summed E-state index contributed by atoms with van der Waals surface area (Å²) in [5.74, 6) is 1.11. The smallest absolute Gasteiger partial charge is 0.142 e. The number of pyridine rings is 1. The van der Waals surface area contributed by atoms with Crippen molar-refractivity contribution in [3.8, 4) is 5.75 Å². The molecule has 21 heavy (non-hydrogen) atoms. The largest absolute Gasteiger partial charge is 0.487 e. The first-order valence-electron chi connectivity index (χ1n) is 6.90. The van der Waals surface area contributed by atoms with Crippen LogP contribution in [0.25, 0.3) is 10.8 Å². The average molecular weight is 298 g/mol. The highest BCUT2D eigenvalue weighted by Crippen LogP contribution is 2.23. The molecule has 0 aliphatic carbocycles. The first-order chi connectivity index (χ1) is 10.3. The summed E-state index contributed by atoms with van der Waals surface area (Å²) >= 11 is 5.94. The number of fused-ring (bicyclic) bond motifs is 1. The van der Waals surface area contributed by atoms with Gasteiger partial charge in [-0.3, -0.25) is 4.98 Å². The fourth-order valence-corrected chi connectivity index (χ4v) is 2.59. The van der Waals surface area contributed by atoms with Crippen LogP contribution in [0, 0.1) is 6.92 Å². The molecule has 0 saturated carbocycles. The SMILES string of the molecule is Cc1ccc(OCc2cccc3ccccc23)c(CCl)n1. The summed E-state index contributed by atoms with van der Waals surface area (Å²) in [6.07, 6.45) is 0. The summed E-state index contributed by atoms with van der Waals surface area (Å²) in [7, 11) is 0. The number of hydrogen-bond donors (Lipinski definition) is 0. The van der Waals surface area contributed by atoms with Crippen LogP contribution in [0.4, 0.5) is 0 Å². The molecule has 0 amide bonds. The standard InChI is InChI=1S/C18H16ClNO/c1-13-9-10-18(17(11-19)20-13)21-12-15-7-4-6-14-5-2-3-8-16(14)15/h2-10H,11-12H2,1H3. The van der Waals surface area contributed by atoms with Crippen molar-refractivity contribution in [3.63, 3.8) is 0 Å². The molecule has 0 N–H and O–H groups in total. The number of benzene rings is 2. The second-order valence-corrected chi connectivity index (χ2v) is 5.23. The number of aryl methyl sites for hydroxylation is 1. The van der Waals surface area contributed by atoms with Gasteiger partial charge in [-0.15, -0.1) is 11.6 Å². The summed E-state index contributed by atoms with van der Waals surface area (Å²) in [6, 6.07) is 18.4. The molecule has 3 rings (SSSR count). The highest BCUT2D eigenvalue weighted by Gasteiger charge is 2.06. The van der Waals surface area contributed by atoms with Crippen LogP contribution in [0.3, 0.4) is 0 Å². The van der Waals surface area contributed by atoms with Gasteiger partial charge in [0.15, 0.2) is 0 Å². The molecule has 0 aliphatic rings. The molecule has 1 aromatic heterocycles. The summed E-state index contributed by atoms with van der Waals surface area (Å²) < 4.78 is 5.93. The zero-order valence-electron chi connectivity index (χ0n) is 11.8. The van der Waals surface area contributed by atoms with Gasteiger partial charge in [0.2, 0.25) is 0 Å². The van der Waals surface area contributed by atoms with Crippen LogP contribution < -0.4 is 4.74 Å². The van der Waals surface area contributed by atoms with Gasteiger partial charge in [0, 0.05) is 5.69 Å². The van der Waals surface area contributed by atoms with Gasteiger partial charge in [0.1, 0.15) is 12.4 Å². The van der Waals surface area contributed by atoms with Crippen LogP contribution in [0.2, 0.25) is 0 Å². The maximum atomic E-state index is 5.94. The minimum absolute atomic E-state index is 0.354. The lowest BCUT2D eigenvalue weighted by Gasteiger charge is -2.11. The Bertz CT molecular complexity index is 765. The lowest BCUT2D eigenvalue weighted by Crippen LogP contribution is -2.01. The van der Waals surface area contributed by atoms with Crippen molar-refractivity contribution in [2.45, 2.75) is 19.4 Å². The first kappa shape index (κ1) is 13.9. The third kappa shape index (κ3) is 3.01. The van der Waals surface area contributed by atoms with Crippen LogP contribution in [0.1, 0.15) is 17.0 Å². The van der Waals surface area contributed by atoms with Gasteiger partial charge >= 0.3 is 0 Å². The Labute approximate surface area is 129 Å². The molecule has 0 bridgehead atoms. The Morgan fingerprint density at radius 2 is 1.81 bits per heavy atom. The fraction of sp³-hybridized carbons (Fsp3) is 0.167. The number of aromatic nitrogens is 1. The van der Waals surface area contributed by atoms with E-state index in [0.29, 0.717) is 12.5 Å². The molecular weight excluding hydrogens is 282 g/mol. The lowest BCUT2D eigenvalue weighted by molar-refractivity contribution is 0.303. The van der Waals surface area contributed by atoms with Crippen molar-refractivity contribution in [3.05, 3.63) is 71.5 Å². The van der Waals surface area contributed by atoms with Crippen molar-refractivity contribution in [2.75, 3.05) is 0 Å². The maximum absolute atomic E-state index is 5.94. The first-order valence-corrected chi connectivity index (χ1v) is 7.43. The number of halogens is 1. The molecule has 0 atom stereocenters. The predicted octanol–water partition coefficient (Wildman–Crippen LogP) is 4.86. The molecule has 0 saturated heterocycles. The molecule has 2 nitrogen and oxygen atoms in total. The van der Waals surface area contributed by atoms with Crippen molar-refractivity contribution in [2.24, 2.45) is 0 Å². The number of nitrogens with zero attached hydrogens (tertiary/aromatic N) is 1. The van der Waals surface area contributed by atoms with E-state index in [1.54, 1.807) is 0 Å². The Morgan fingerprint density at radius 3 is 2.67 bits per heavy atom. The zero-order chi connectivity index (χ0) is 14.7. The Balaban J connectivity index is 1.87. The molecule has 3 aromatic rings. The Hall–Kier alpha value is -2.06. The quantitative estimate of drug-likeness (QED) is 0.642. The molecule has 0 aliphatic heterocycles. The molecule has 0 fully saturated rings. The van der Waals surface area contributed by atoms with Crippen LogP contribution in [0.5, 0.6) is 5.75 Å². The lowest BCUT2D eigenvalue weighted by atomic mass is 10.1. The number of hydrogen-bond acceptors (Lipinski definition) is 2. The molecule has 0 radical (unpaired) electrons.